The third kappa shape index (κ3) is 5.16. The van der Waals surface area contributed by atoms with E-state index in [1.54, 1.807) is 26.0 Å². The lowest BCUT2D eigenvalue weighted by Crippen LogP contribution is -2.14. The van der Waals surface area contributed by atoms with Crippen LogP contribution in [0.15, 0.2) is 24.3 Å². The molecule has 0 aliphatic carbocycles. The zero-order valence-corrected chi connectivity index (χ0v) is 15.8. The molecule has 2 aromatic rings. The summed E-state index contributed by atoms with van der Waals surface area (Å²) in [4.78, 5) is 21.2. The van der Waals surface area contributed by atoms with Crippen molar-refractivity contribution in [2.24, 2.45) is 5.92 Å². The fourth-order valence-corrected chi connectivity index (χ4v) is 2.33. The van der Waals surface area contributed by atoms with Gasteiger partial charge in [0.15, 0.2) is 5.82 Å². The molecule has 0 spiro atoms. The fourth-order valence-electron chi connectivity index (χ4n) is 2.21. The maximum absolute atomic E-state index is 12.3. The predicted octanol–water partition coefficient (Wildman–Crippen LogP) is 4.71. The Labute approximate surface area is 153 Å². The van der Waals surface area contributed by atoms with Gasteiger partial charge in [0.1, 0.15) is 5.56 Å². The standard InChI is InChI=1S/C19H23ClN2O3/c1-5-24-19(23)16-13(4)21-17(14-6-8-15(20)9-7-14)22-18(16)25-11-10-12(2)3/h6-9,12H,5,10-11H2,1-4H3. The quantitative estimate of drug-likeness (QED) is 0.667. The molecule has 0 unspecified atom stereocenters. The van der Waals surface area contributed by atoms with Crippen LogP contribution in [0.2, 0.25) is 5.02 Å². The van der Waals surface area contributed by atoms with Gasteiger partial charge in [-0.3, -0.25) is 0 Å². The van der Waals surface area contributed by atoms with E-state index < -0.39 is 5.97 Å². The van der Waals surface area contributed by atoms with Crippen LogP contribution >= 0.6 is 11.6 Å². The Balaban J connectivity index is 2.42. The highest BCUT2D eigenvalue weighted by molar-refractivity contribution is 6.30. The van der Waals surface area contributed by atoms with Crippen LogP contribution in [0, 0.1) is 12.8 Å². The average molecular weight is 363 g/mol. The summed E-state index contributed by atoms with van der Waals surface area (Å²) in [6.45, 7) is 8.49. The second kappa shape index (κ2) is 8.81. The molecule has 1 heterocycles. The topological polar surface area (TPSA) is 61.3 Å². The second-order valence-electron chi connectivity index (χ2n) is 6.07. The van der Waals surface area contributed by atoms with Gasteiger partial charge in [0.2, 0.25) is 5.88 Å². The van der Waals surface area contributed by atoms with Crippen LogP contribution in [-0.2, 0) is 4.74 Å². The highest BCUT2D eigenvalue weighted by Gasteiger charge is 2.22. The molecular formula is C19H23ClN2O3. The summed E-state index contributed by atoms with van der Waals surface area (Å²) in [6, 6.07) is 7.21. The normalized spacial score (nSPS) is 10.8. The molecule has 0 amide bonds. The molecule has 0 saturated carbocycles. The van der Waals surface area contributed by atoms with Crippen LogP contribution < -0.4 is 4.74 Å². The van der Waals surface area contributed by atoms with E-state index in [0.29, 0.717) is 29.1 Å². The van der Waals surface area contributed by atoms with E-state index in [1.165, 1.54) is 0 Å². The maximum atomic E-state index is 12.3. The highest BCUT2D eigenvalue weighted by Crippen LogP contribution is 2.26. The number of hydrogen-bond acceptors (Lipinski definition) is 5. The molecule has 5 nitrogen and oxygen atoms in total. The van der Waals surface area contributed by atoms with E-state index in [4.69, 9.17) is 21.1 Å². The average Bonchev–Trinajstić information content (AvgIpc) is 2.55. The van der Waals surface area contributed by atoms with Crippen LogP contribution in [0.25, 0.3) is 11.4 Å². The monoisotopic (exact) mass is 362 g/mol. The first-order valence-electron chi connectivity index (χ1n) is 8.36. The van der Waals surface area contributed by atoms with Gasteiger partial charge in [-0.25, -0.2) is 9.78 Å². The molecule has 0 fully saturated rings. The number of carbonyl (C=O) groups excluding carboxylic acids is 1. The molecule has 0 bridgehead atoms. The van der Waals surface area contributed by atoms with E-state index >= 15 is 0 Å². The SMILES string of the molecule is CCOC(=O)c1c(C)nc(-c2ccc(Cl)cc2)nc1OCCC(C)C. The first-order chi connectivity index (χ1) is 11.9. The van der Waals surface area contributed by atoms with Crippen molar-refractivity contribution in [1.29, 1.82) is 0 Å². The molecule has 1 aromatic heterocycles. The lowest BCUT2D eigenvalue weighted by atomic mass is 10.1. The van der Waals surface area contributed by atoms with Gasteiger partial charge < -0.3 is 9.47 Å². The van der Waals surface area contributed by atoms with Gasteiger partial charge in [-0.1, -0.05) is 25.4 Å². The van der Waals surface area contributed by atoms with Crippen LogP contribution in [0.1, 0.15) is 43.2 Å². The first kappa shape index (κ1) is 19.2. The number of rotatable bonds is 7. The summed E-state index contributed by atoms with van der Waals surface area (Å²) in [6.07, 6.45) is 0.863. The summed E-state index contributed by atoms with van der Waals surface area (Å²) >= 11 is 5.93. The minimum absolute atomic E-state index is 0.261. The van der Waals surface area contributed by atoms with Crippen molar-refractivity contribution in [3.63, 3.8) is 0 Å². The molecule has 134 valence electrons. The number of esters is 1. The summed E-state index contributed by atoms with van der Waals surface area (Å²) in [5.74, 6) is 0.769. The smallest absolute Gasteiger partial charge is 0.345 e. The van der Waals surface area contributed by atoms with E-state index in [0.717, 1.165) is 12.0 Å². The van der Waals surface area contributed by atoms with Crippen molar-refractivity contribution >= 4 is 17.6 Å². The molecular weight excluding hydrogens is 340 g/mol. The van der Waals surface area contributed by atoms with Crippen molar-refractivity contribution in [2.75, 3.05) is 13.2 Å². The van der Waals surface area contributed by atoms with Gasteiger partial charge in [0, 0.05) is 10.6 Å². The van der Waals surface area contributed by atoms with Gasteiger partial charge >= 0.3 is 5.97 Å². The third-order valence-electron chi connectivity index (χ3n) is 3.57. The Morgan fingerprint density at radius 3 is 2.48 bits per heavy atom. The molecule has 0 N–H and O–H groups in total. The molecule has 6 heteroatoms. The first-order valence-corrected chi connectivity index (χ1v) is 8.74. The van der Waals surface area contributed by atoms with Crippen LogP contribution in [0.3, 0.4) is 0 Å². The molecule has 1 aromatic carbocycles. The van der Waals surface area contributed by atoms with Gasteiger partial charge in [-0.05, 0) is 50.5 Å². The lowest BCUT2D eigenvalue weighted by Gasteiger charge is -2.14. The van der Waals surface area contributed by atoms with E-state index in [-0.39, 0.29) is 18.1 Å². The number of hydrogen-bond donors (Lipinski definition) is 0. The summed E-state index contributed by atoms with van der Waals surface area (Å²) in [7, 11) is 0. The molecule has 0 aliphatic rings. The lowest BCUT2D eigenvalue weighted by molar-refractivity contribution is 0.0519. The highest BCUT2D eigenvalue weighted by atomic mass is 35.5. The number of aromatic nitrogens is 2. The number of halogens is 1. The summed E-state index contributed by atoms with van der Waals surface area (Å²) < 4.78 is 10.9. The van der Waals surface area contributed by atoms with Crippen molar-refractivity contribution in [2.45, 2.75) is 34.1 Å². The maximum Gasteiger partial charge on any atom is 0.345 e. The molecule has 0 radical (unpaired) electrons. The number of benzene rings is 1. The van der Waals surface area contributed by atoms with Crippen molar-refractivity contribution in [3.8, 4) is 17.3 Å². The Kier molecular flexibility index (Phi) is 6.76. The number of ether oxygens (including phenoxy) is 2. The van der Waals surface area contributed by atoms with E-state index in [9.17, 15) is 4.79 Å². The van der Waals surface area contributed by atoms with Crippen molar-refractivity contribution in [3.05, 3.63) is 40.5 Å². The van der Waals surface area contributed by atoms with E-state index in [2.05, 4.69) is 23.8 Å². The summed E-state index contributed by atoms with van der Waals surface area (Å²) in [5, 5.41) is 0.636. The molecule has 0 aliphatic heterocycles. The second-order valence-corrected chi connectivity index (χ2v) is 6.51. The number of nitrogens with zero attached hydrogens (tertiary/aromatic N) is 2. The summed E-state index contributed by atoms with van der Waals surface area (Å²) in [5.41, 5.74) is 1.61. The Morgan fingerprint density at radius 1 is 1.20 bits per heavy atom. The third-order valence-corrected chi connectivity index (χ3v) is 3.82. The van der Waals surface area contributed by atoms with Crippen LogP contribution in [0.5, 0.6) is 5.88 Å². The van der Waals surface area contributed by atoms with Gasteiger partial charge in [-0.15, -0.1) is 0 Å². The van der Waals surface area contributed by atoms with Crippen LogP contribution in [-0.4, -0.2) is 29.2 Å². The number of carbonyl (C=O) groups is 1. The molecule has 25 heavy (non-hydrogen) atoms. The Hall–Kier alpha value is -2.14. The van der Waals surface area contributed by atoms with E-state index in [1.807, 2.05) is 12.1 Å². The largest absolute Gasteiger partial charge is 0.477 e. The predicted molar refractivity (Wildman–Crippen MR) is 98.1 cm³/mol. The zero-order chi connectivity index (χ0) is 18.4. The minimum Gasteiger partial charge on any atom is -0.477 e. The van der Waals surface area contributed by atoms with Gasteiger partial charge in [-0.2, -0.15) is 4.98 Å². The van der Waals surface area contributed by atoms with Crippen LogP contribution in [0.4, 0.5) is 0 Å². The van der Waals surface area contributed by atoms with Gasteiger partial charge in [0.05, 0.1) is 18.9 Å². The van der Waals surface area contributed by atoms with Gasteiger partial charge in [0.25, 0.3) is 0 Å². The Morgan fingerprint density at radius 2 is 1.88 bits per heavy atom. The molecule has 2 rings (SSSR count). The van der Waals surface area contributed by atoms with Crippen molar-refractivity contribution in [1.82, 2.24) is 9.97 Å². The van der Waals surface area contributed by atoms with Crippen molar-refractivity contribution < 1.29 is 14.3 Å². The number of aryl methyl sites for hydroxylation is 1. The minimum atomic E-state index is -0.470. The zero-order valence-electron chi connectivity index (χ0n) is 15.0. The fraction of sp³-hybridized carbons (Fsp3) is 0.421. The Bertz CT molecular complexity index is 730. The molecule has 0 saturated heterocycles. The molecule has 0 atom stereocenters.